The van der Waals surface area contributed by atoms with Gasteiger partial charge in [0.25, 0.3) is 0 Å². The van der Waals surface area contributed by atoms with E-state index in [0.29, 0.717) is 24.4 Å². The minimum Gasteiger partial charge on any atom is -0.502 e. The first-order valence-corrected chi connectivity index (χ1v) is 7.22. The Hall–Kier alpha value is -2.66. The van der Waals surface area contributed by atoms with Crippen LogP contribution in [0.5, 0.6) is 5.75 Å². The van der Waals surface area contributed by atoms with Gasteiger partial charge in [-0.25, -0.2) is 4.39 Å². The standard InChI is InChI=1S/C18H15FO4/c1-2-22-10-11-3-8-15-14(9-11)16(20)17(21)18(23-15)12-4-6-13(19)7-5-12/h3-9,21H,2,10H2,1H3. The highest BCUT2D eigenvalue weighted by atomic mass is 19.1. The molecule has 0 fully saturated rings. The molecule has 0 saturated carbocycles. The van der Waals surface area contributed by atoms with Gasteiger partial charge in [-0.3, -0.25) is 4.79 Å². The van der Waals surface area contributed by atoms with Crippen molar-refractivity contribution in [1.29, 1.82) is 0 Å². The molecule has 3 rings (SSSR count). The summed E-state index contributed by atoms with van der Waals surface area (Å²) in [6.07, 6.45) is 0. The zero-order valence-corrected chi connectivity index (χ0v) is 12.5. The van der Waals surface area contributed by atoms with Crippen molar-refractivity contribution in [2.45, 2.75) is 13.5 Å². The van der Waals surface area contributed by atoms with Crippen molar-refractivity contribution in [2.75, 3.05) is 6.61 Å². The van der Waals surface area contributed by atoms with Gasteiger partial charge < -0.3 is 14.3 Å². The number of fused-ring (bicyclic) bond motifs is 1. The van der Waals surface area contributed by atoms with E-state index >= 15 is 0 Å². The van der Waals surface area contributed by atoms with Crippen LogP contribution in [0.3, 0.4) is 0 Å². The number of halogens is 1. The summed E-state index contributed by atoms with van der Waals surface area (Å²) in [5.74, 6) is -0.866. The van der Waals surface area contributed by atoms with Crippen molar-refractivity contribution < 1.29 is 18.7 Å². The lowest BCUT2D eigenvalue weighted by Crippen LogP contribution is -2.03. The van der Waals surface area contributed by atoms with Crippen LogP contribution in [0, 0.1) is 5.82 Å². The Bertz CT molecular complexity index is 897. The fourth-order valence-electron chi connectivity index (χ4n) is 2.34. The number of hydrogen-bond acceptors (Lipinski definition) is 4. The van der Waals surface area contributed by atoms with Gasteiger partial charge in [-0.1, -0.05) is 6.07 Å². The number of benzene rings is 2. The average molecular weight is 314 g/mol. The summed E-state index contributed by atoms with van der Waals surface area (Å²) >= 11 is 0. The lowest BCUT2D eigenvalue weighted by molar-refractivity contribution is 0.134. The molecule has 1 aromatic heterocycles. The van der Waals surface area contributed by atoms with Crippen LogP contribution in [0.1, 0.15) is 12.5 Å². The third kappa shape index (κ3) is 2.96. The van der Waals surface area contributed by atoms with Crippen LogP contribution < -0.4 is 5.43 Å². The molecule has 0 unspecified atom stereocenters. The molecular weight excluding hydrogens is 299 g/mol. The predicted molar refractivity (Wildman–Crippen MR) is 84.9 cm³/mol. The largest absolute Gasteiger partial charge is 0.502 e. The fraction of sp³-hybridized carbons (Fsp3) is 0.167. The predicted octanol–water partition coefficient (Wildman–Crippen LogP) is 3.84. The number of ether oxygens (including phenoxy) is 1. The molecule has 1 N–H and O–H groups in total. The Morgan fingerprint density at radius 1 is 1.17 bits per heavy atom. The van der Waals surface area contributed by atoms with E-state index in [1.165, 1.54) is 24.3 Å². The van der Waals surface area contributed by atoms with Crippen LogP contribution >= 0.6 is 0 Å². The molecule has 0 aliphatic rings. The monoisotopic (exact) mass is 314 g/mol. The van der Waals surface area contributed by atoms with Crippen LogP contribution in [0.15, 0.2) is 51.7 Å². The van der Waals surface area contributed by atoms with Crippen molar-refractivity contribution in [2.24, 2.45) is 0 Å². The Labute approximate surface area is 131 Å². The van der Waals surface area contributed by atoms with Gasteiger partial charge in [-0.2, -0.15) is 0 Å². The van der Waals surface area contributed by atoms with E-state index in [1.807, 2.05) is 6.92 Å². The van der Waals surface area contributed by atoms with Gasteiger partial charge in [0.1, 0.15) is 11.4 Å². The zero-order valence-electron chi connectivity index (χ0n) is 12.5. The SMILES string of the molecule is CCOCc1ccc2oc(-c3ccc(F)cc3)c(O)c(=O)c2c1. The quantitative estimate of drug-likeness (QED) is 0.795. The van der Waals surface area contributed by atoms with E-state index < -0.39 is 17.0 Å². The molecule has 0 atom stereocenters. The molecule has 4 nitrogen and oxygen atoms in total. The maximum absolute atomic E-state index is 13.0. The summed E-state index contributed by atoms with van der Waals surface area (Å²) < 4.78 is 24.0. The third-order valence-corrected chi connectivity index (χ3v) is 3.51. The van der Waals surface area contributed by atoms with Crippen LogP contribution in [0.2, 0.25) is 0 Å². The first-order valence-electron chi connectivity index (χ1n) is 7.22. The smallest absolute Gasteiger partial charge is 0.235 e. The van der Waals surface area contributed by atoms with Gasteiger partial charge in [-0.05, 0) is 48.9 Å². The van der Waals surface area contributed by atoms with Gasteiger partial charge in [-0.15, -0.1) is 0 Å². The molecule has 5 heteroatoms. The van der Waals surface area contributed by atoms with E-state index in [2.05, 4.69) is 0 Å². The van der Waals surface area contributed by atoms with Crippen molar-refractivity contribution in [3.63, 3.8) is 0 Å². The second-order valence-corrected chi connectivity index (χ2v) is 5.08. The lowest BCUT2D eigenvalue weighted by Gasteiger charge is -2.07. The molecule has 0 aliphatic heterocycles. The molecule has 0 amide bonds. The van der Waals surface area contributed by atoms with Crippen molar-refractivity contribution in [3.8, 4) is 17.1 Å². The van der Waals surface area contributed by atoms with Crippen LogP contribution in [0.4, 0.5) is 4.39 Å². The molecule has 3 aromatic rings. The second kappa shape index (κ2) is 6.22. The molecular formula is C18H15FO4. The molecule has 118 valence electrons. The summed E-state index contributed by atoms with van der Waals surface area (Å²) in [4.78, 5) is 12.4. The zero-order chi connectivity index (χ0) is 16.4. The third-order valence-electron chi connectivity index (χ3n) is 3.51. The van der Waals surface area contributed by atoms with Crippen molar-refractivity contribution in [3.05, 3.63) is 64.1 Å². The molecule has 0 spiro atoms. The summed E-state index contributed by atoms with van der Waals surface area (Å²) in [5.41, 5.74) is 1.08. The highest BCUT2D eigenvalue weighted by molar-refractivity contribution is 5.82. The Kier molecular flexibility index (Phi) is 4.12. The first kappa shape index (κ1) is 15.2. The Morgan fingerprint density at radius 3 is 2.61 bits per heavy atom. The van der Waals surface area contributed by atoms with E-state index in [-0.39, 0.29) is 11.1 Å². The highest BCUT2D eigenvalue weighted by Gasteiger charge is 2.15. The molecule has 0 bridgehead atoms. The molecule has 0 saturated heterocycles. The summed E-state index contributed by atoms with van der Waals surface area (Å²) in [5, 5.41) is 10.4. The lowest BCUT2D eigenvalue weighted by atomic mass is 10.1. The number of rotatable bonds is 4. The highest BCUT2D eigenvalue weighted by Crippen LogP contribution is 2.30. The van der Waals surface area contributed by atoms with Crippen molar-refractivity contribution >= 4 is 11.0 Å². The van der Waals surface area contributed by atoms with Crippen molar-refractivity contribution in [1.82, 2.24) is 0 Å². The molecule has 2 aromatic carbocycles. The van der Waals surface area contributed by atoms with Gasteiger partial charge in [0.15, 0.2) is 5.76 Å². The van der Waals surface area contributed by atoms with Crippen LogP contribution in [0.25, 0.3) is 22.3 Å². The Balaban J connectivity index is 2.14. The van der Waals surface area contributed by atoms with Gasteiger partial charge in [0.05, 0.1) is 12.0 Å². The van der Waals surface area contributed by atoms with Crippen LogP contribution in [-0.4, -0.2) is 11.7 Å². The molecule has 1 heterocycles. The maximum atomic E-state index is 13.0. The number of aromatic hydroxyl groups is 1. The summed E-state index contributed by atoms with van der Waals surface area (Å²) in [6, 6.07) is 10.5. The minimum atomic E-state index is -0.524. The van der Waals surface area contributed by atoms with Crippen LogP contribution in [-0.2, 0) is 11.3 Å². The molecule has 0 radical (unpaired) electrons. The molecule has 23 heavy (non-hydrogen) atoms. The Morgan fingerprint density at radius 2 is 1.91 bits per heavy atom. The summed E-state index contributed by atoms with van der Waals surface area (Å²) in [6.45, 7) is 2.84. The second-order valence-electron chi connectivity index (χ2n) is 5.08. The minimum absolute atomic E-state index is 0.0278. The average Bonchev–Trinajstić information content (AvgIpc) is 2.57. The first-order chi connectivity index (χ1) is 11.1. The van der Waals surface area contributed by atoms with E-state index in [1.54, 1.807) is 18.2 Å². The van der Waals surface area contributed by atoms with E-state index in [4.69, 9.17) is 9.15 Å². The van der Waals surface area contributed by atoms with Gasteiger partial charge in [0, 0.05) is 12.2 Å². The fourth-order valence-corrected chi connectivity index (χ4v) is 2.34. The normalized spacial score (nSPS) is 11.0. The summed E-state index contributed by atoms with van der Waals surface area (Å²) in [7, 11) is 0. The maximum Gasteiger partial charge on any atom is 0.235 e. The van der Waals surface area contributed by atoms with E-state index in [9.17, 15) is 14.3 Å². The topological polar surface area (TPSA) is 59.7 Å². The van der Waals surface area contributed by atoms with E-state index in [0.717, 1.165) is 5.56 Å². The van der Waals surface area contributed by atoms with Gasteiger partial charge in [0.2, 0.25) is 11.2 Å². The van der Waals surface area contributed by atoms with Gasteiger partial charge >= 0.3 is 0 Å². The number of hydrogen-bond donors (Lipinski definition) is 1. The molecule has 0 aliphatic carbocycles.